The van der Waals surface area contributed by atoms with Crippen LogP contribution in [0, 0.1) is 0 Å². The van der Waals surface area contributed by atoms with Crippen LogP contribution in [-0.4, -0.2) is 47.6 Å². The quantitative estimate of drug-likeness (QED) is 0.309. The summed E-state index contributed by atoms with van der Waals surface area (Å²) in [6.07, 6.45) is 0.378. The molecule has 4 nitrogen and oxygen atoms in total. The summed E-state index contributed by atoms with van der Waals surface area (Å²) in [7, 11) is 0. The molecule has 2 N–H and O–H groups in total. The molecule has 2 atom stereocenters. The zero-order valence-electron chi connectivity index (χ0n) is 20.6. The first-order valence-electron chi connectivity index (χ1n) is 11.7. The van der Waals surface area contributed by atoms with Crippen LogP contribution in [0.1, 0.15) is 37.8 Å². The molecule has 0 aliphatic rings. The zero-order valence-corrected chi connectivity index (χ0v) is 20.6. The van der Waals surface area contributed by atoms with Crippen LogP contribution in [0.25, 0.3) is 0 Å². The second kappa shape index (κ2) is 12.1. The Hall–Kier alpha value is -3.18. The molecule has 210 valence electrons. The van der Waals surface area contributed by atoms with Gasteiger partial charge in [0.2, 0.25) is 0 Å². The lowest BCUT2D eigenvalue weighted by Crippen LogP contribution is -2.69. The van der Waals surface area contributed by atoms with E-state index in [1.165, 1.54) is 10.6 Å². The van der Waals surface area contributed by atoms with E-state index in [1.54, 1.807) is 60.7 Å². The smallest absolute Gasteiger partial charge is 0.348 e. The van der Waals surface area contributed by atoms with E-state index in [9.17, 15) is 44.7 Å². The van der Waals surface area contributed by atoms with Crippen molar-refractivity contribution >= 4 is 11.8 Å². The number of halogens is 8. The van der Waals surface area contributed by atoms with Crippen LogP contribution in [0.2, 0.25) is 0 Å². The maximum atomic E-state index is 14.3. The number of hydrogen-bond donors (Lipinski definition) is 2. The molecule has 2 rings (SSSR count). The average Bonchev–Trinajstić information content (AvgIpc) is 2.87. The lowest BCUT2D eigenvalue weighted by molar-refractivity contribution is -0.347. The van der Waals surface area contributed by atoms with Crippen molar-refractivity contribution in [1.82, 2.24) is 10.6 Å². The van der Waals surface area contributed by atoms with Gasteiger partial charge in [-0.15, -0.1) is 0 Å². The molecule has 0 heterocycles. The molecular formula is C26H28F8N2O2. The molecule has 0 aromatic heterocycles. The minimum atomic E-state index is -6.91. The third-order valence-corrected chi connectivity index (χ3v) is 5.93. The Morgan fingerprint density at radius 3 is 1.18 bits per heavy atom. The third kappa shape index (κ3) is 6.82. The monoisotopic (exact) mass is 552 g/mol. The van der Waals surface area contributed by atoms with Gasteiger partial charge in [-0.2, -0.15) is 35.1 Å². The molecule has 2 aromatic rings. The second-order valence-electron chi connectivity index (χ2n) is 9.10. The lowest BCUT2D eigenvalue weighted by Gasteiger charge is -2.36. The fraction of sp³-hybridized carbons (Fsp3) is 0.462. The molecular weight excluding hydrogens is 524 g/mol. The number of rotatable bonds is 13. The number of hydrogen-bond acceptors (Lipinski definition) is 2. The molecule has 0 bridgehead atoms. The topological polar surface area (TPSA) is 58.2 Å². The van der Waals surface area contributed by atoms with Crippen LogP contribution in [0.15, 0.2) is 60.7 Å². The first-order chi connectivity index (χ1) is 17.5. The van der Waals surface area contributed by atoms with Crippen LogP contribution in [-0.2, 0) is 22.4 Å². The molecule has 0 spiro atoms. The van der Waals surface area contributed by atoms with Gasteiger partial charge in [0.25, 0.3) is 11.8 Å². The van der Waals surface area contributed by atoms with E-state index in [1.807, 2.05) is 0 Å². The molecule has 0 saturated heterocycles. The van der Waals surface area contributed by atoms with E-state index in [-0.39, 0.29) is 25.7 Å². The Morgan fingerprint density at radius 2 is 0.895 bits per heavy atom. The van der Waals surface area contributed by atoms with Gasteiger partial charge in [-0.05, 0) is 50.7 Å². The predicted octanol–water partition coefficient (Wildman–Crippen LogP) is 5.80. The Morgan fingerprint density at radius 1 is 0.605 bits per heavy atom. The molecule has 2 unspecified atom stereocenters. The predicted molar refractivity (Wildman–Crippen MR) is 125 cm³/mol. The summed E-state index contributed by atoms with van der Waals surface area (Å²) < 4.78 is 114. The van der Waals surface area contributed by atoms with Crippen molar-refractivity contribution in [2.24, 2.45) is 0 Å². The highest BCUT2D eigenvalue weighted by Crippen LogP contribution is 2.52. The molecule has 2 amide bonds. The zero-order chi connectivity index (χ0) is 28.8. The number of nitrogens with one attached hydrogen (secondary N) is 2. The number of alkyl halides is 8. The Balaban J connectivity index is 2.07. The fourth-order valence-electron chi connectivity index (χ4n) is 3.51. The van der Waals surface area contributed by atoms with Crippen molar-refractivity contribution in [3.8, 4) is 0 Å². The van der Waals surface area contributed by atoms with Crippen molar-refractivity contribution in [3.05, 3.63) is 71.8 Å². The maximum absolute atomic E-state index is 14.3. The van der Waals surface area contributed by atoms with Gasteiger partial charge < -0.3 is 10.6 Å². The average molecular weight is 553 g/mol. The van der Waals surface area contributed by atoms with Gasteiger partial charge in [-0.1, -0.05) is 60.7 Å². The van der Waals surface area contributed by atoms with E-state index in [0.717, 1.165) is 25.0 Å². The van der Waals surface area contributed by atoms with E-state index in [4.69, 9.17) is 0 Å². The highest BCUT2D eigenvalue weighted by atomic mass is 19.4. The van der Waals surface area contributed by atoms with Crippen molar-refractivity contribution in [2.75, 3.05) is 0 Å². The summed E-state index contributed by atoms with van der Waals surface area (Å²) in [5, 5.41) is 2.93. The van der Waals surface area contributed by atoms with Gasteiger partial charge in [0.05, 0.1) is 0 Å². The molecule has 0 saturated carbocycles. The van der Waals surface area contributed by atoms with Crippen molar-refractivity contribution in [3.63, 3.8) is 0 Å². The molecule has 38 heavy (non-hydrogen) atoms. The SMILES string of the molecule is CC(CCc1ccccc1)NC(=O)C(F)(F)C(F)(F)C(F)(F)C(F)(F)C(=O)NC(C)CCc1ccccc1. The summed E-state index contributed by atoms with van der Waals surface area (Å²) in [5.74, 6) is -32.1. The Labute approximate surface area is 214 Å². The standard InChI is InChI=1S/C26H28F8N2O2/c1-17(13-15-19-9-5-3-6-10-19)35-21(37)23(27,28)25(31,32)26(33,34)24(29,30)22(38)36-18(2)14-16-20-11-7-4-8-12-20/h3-12,17-18H,13-16H2,1-2H3,(H,35,37)(H,36,38). The minimum Gasteiger partial charge on any atom is -0.348 e. The second-order valence-corrected chi connectivity index (χ2v) is 9.10. The lowest BCUT2D eigenvalue weighted by atomic mass is 9.96. The molecule has 0 aliphatic heterocycles. The summed E-state index contributed by atoms with van der Waals surface area (Å²) >= 11 is 0. The summed E-state index contributed by atoms with van der Waals surface area (Å²) in [6.45, 7) is 2.32. The first-order valence-corrected chi connectivity index (χ1v) is 11.7. The van der Waals surface area contributed by atoms with Gasteiger partial charge in [0.15, 0.2) is 0 Å². The van der Waals surface area contributed by atoms with Gasteiger partial charge in [0, 0.05) is 12.1 Å². The van der Waals surface area contributed by atoms with Gasteiger partial charge >= 0.3 is 23.7 Å². The largest absolute Gasteiger partial charge is 0.392 e. The summed E-state index contributed by atoms with van der Waals surface area (Å²) in [4.78, 5) is 23.7. The van der Waals surface area contributed by atoms with Crippen molar-refractivity contribution in [2.45, 2.75) is 75.3 Å². The minimum absolute atomic E-state index is 0.0345. The van der Waals surface area contributed by atoms with E-state index < -0.39 is 47.6 Å². The summed E-state index contributed by atoms with van der Waals surface area (Å²) in [6, 6.07) is 14.4. The van der Waals surface area contributed by atoms with Crippen LogP contribution >= 0.6 is 0 Å². The van der Waals surface area contributed by atoms with Gasteiger partial charge in [0.1, 0.15) is 0 Å². The highest BCUT2D eigenvalue weighted by Gasteiger charge is 2.84. The first kappa shape index (κ1) is 31.0. The van der Waals surface area contributed by atoms with E-state index in [0.29, 0.717) is 0 Å². The van der Waals surface area contributed by atoms with Crippen LogP contribution in [0.5, 0.6) is 0 Å². The fourth-order valence-corrected chi connectivity index (χ4v) is 3.51. The third-order valence-electron chi connectivity index (χ3n) is 5.93. The van der Waals surface area contributed by atoms with E-state index >= 15 is 0 Å². The number of amides is 2. The van der Waals surface area contributed by atoms with Crippen LogP contribution < -0.4 is 10.6 Å². The molecule has 2 aromatic carbocycles. The Bertz CT molecular complexity index is 980. The van der Waals surface area contributed by atoms with Gasteiger partial charge in [-0.25, -0.2) is 0 Å². The number of carbonyl (C=O) groups is 2. The van der Waals surface area contributed by atoms with Crippen molar-refractivity contribution in [1.29, 1.82) is 0 Å². The Kier molecular flexibility index (Phi) is 9.90. The maximum Gasteiger partial charge on any atom is 0.392 e. The summed E-state index contributed by atoms with van der Waals surface area (Å²) in [5.41, 5.74) is 1.45. The highest BCUT2D eigenvalue weighted by molar-refractivity contribution is 5.87. The molecule has 0 fully saturated rings. The number of carbonyl (C=O) groups excluding carboxylic acids is 2. The molecule has 0 radical (unpaired) electrons. The molecule has 12 heteroatoms. The molecule has 0 aliphatic carbocycles. The normalized spacial score (nSPS) is 14.5. The number of benzene rings is 2. The number of aryl methyl sites for hydroxylation is 2. The van der Waals surface area contributed by atoms with Crippen LogP contribution in [0.3, 0.4) is 0 Å². The van der Waals surface area contributed by atoms with E-state index in [2.05, 4.69) is 0 Å². The van der Waals surface area contributed by atoms with Crippen molar-refractivity contribution < 1.29 is 44.7 Å². The van der Waals surface area contributed by atoms with Gasteiger partial charge in [-0.3, -0.25) is 9.59 Å². The van der Waals surface area contributed by atoms with Crippen LogP contribution in [0.4, 0.5) is 35.1 Å².